The molecule has 0 radical (unpaired) electrons. The standard InChI is InChI=1S/C12H23N5OS/c1-3-16-6-7-18-11(8-16)9-19-12-15-14-10(2)17(12)5-4-13/h11H,3-9,13H2,1-2H3. The summed E-state index contributed by atoms with van der Waals surface area (Å²) in [5, 5.41) is 9.27. The fourth-order valence-corrected chi connectivity index (χ4v) is 3.21. The van der Waals surface area contributed by atoms with E-state index in [1.165, 1.54) is 0 Å². The number of nitrogens with two attached hydrogens (primary N) is 1. The van der Waals surface area contributed by atoms with Gasteiger partial charge in [0, 0.05) is 31.9 Å². The van der Waals surface area contributed by atoms with Crippen molar-refractivity contribution in [3.8, 4) is 0 Å². The number of morpholine rings is 1. The molecule has 0 aromatic carbocycles. The molecule has 2 heterocycles. The predicted octanol–water partition coefficient (Wildman–Crippen LogP) is 0.358. The Morgan fingerprint density at radius 3 is 3.05 bits per heavy atom. The van der Waals surface area contributed by atoms with E-state index in [9.17, 15) is 0 Å². The van der Waals surface area contributed by atoms with E-state index < -0.39 is 0 Å². The highest BCUT2D eigenvalue weighted by Gasteiger charge is 2.20. The van der Waals surface area contributed by atoms with E-state index >= 15 is 0 Å². The first-order valence-electron chi connectivity index (χ1n) is 6.81. The van der Waals surface area contributed by atoms with Gasteiger partial charge in [-0.05, 0) is 13.5 Å². The van der Waals surface area contributed by atoms with E-state index in [1.807, 2.05) is 6.92 Å². The third-order valence-corrected chi connectivity index (χ3v) is 4.42. The van der Waals surface area contributed by atoms with Crippen molar-refractivity contribution < 1.29 is 4.74 Å². The van der Waals surface area contributed by atoms with Crippen molar-refractivity contribution >= 4 is 11.8 Å². The first-order chi connectivity index (χ1) is 9.24. The molecule has 0 saturated carbocycles. The normalized spacial score (nSPS) is 20.9. The Kier molecular flexibility index (Phi) is 5.62. The molecule has 6 nitrogen and oxygen atoms in total. The van der Waals surface area contributed by atoms with Crippen molar-refractivity contribution in [2.45, 2.75) is 31.7 Å². The molecule has 1 aromatic heterocycles. The Morgan fingerprint density at radius 1 is 1.47 bits per heavy atom. The lowest BCUT2D eigenvalue weighted by molar-refractivity contribution is -0.0137. The maximum absolute atomic E-state index is 5.79. The first-order valence-corrected chi connectivity index (χ1v) is 7.79. The summed E-state index contributed by atoms with van der Waals surface area (Å²) in [5.41, 5.74) is 5.62. The number of nitrogens with zero attached hydrogens (tertiary/aromatic N) is 4. The smallest absolute Gasteiger partial charge is 0.191 e. The van der Waals surface area contributed by atoms with Crippen LogP contribution in [0.2, 0.25) is 0 Å². The summed E-state index contributed by atoms with van der Waals surface area (Å²) < 4.78 is 7.87. The molecule has 19 heavy (non-hydrogen) atoms. The molecule has 0 aliphatic carbocycles. The van der Waals surface area contributed by atoms with Gasteiger partial charge in [-0.3, -0.25) is 4.90 Å². The second-order valence-corrected chi connectivity index (χ2v) is 5.65. The zero-order valence-corrected chi connectivity index (χ0v) is 12.5. The van der Waals surface area contributed by atoms with Crippen molar-refractivity contribution in [3.05, 3.63) is 5.82 Å². The van der Waals surface area contributed by atoms with Crippen molar-refractivity contribution in [2.24, 2.45) is 5.73 Å². The minimum absolute atomic E-state index is 0.280. The van der Waals surface area contributed by atoms with Crippen molar-refractivity contribution in [1.29, 1.82) is 0 Å². The minimum atomic E-state index is 0.280. The molecule has 1 aliphatic heterocycles. The van der Waals surface area contributed by atoms with Crippen molar-refractivity contribution in [1.82, 2.24) is 19.7 Å². The summed E-state index contributed by atoms with van der Waals surface area (Å²) in [5.74, 6) is 1.84. The molecule has 1 atom stereocenters. The highest BCUT2D eigenvalue weighted by molar-refractivity contribution is 7.99. The van der Waals surface area contributed by atoms with Crippen LogP contribution in [0.5, 0.6) is 0 Å². The zero-order chi connectivity index (χ0) is 13.7. The Balaban J connectivity index is 1.88. The SMILES string of the molecule is CCN1CCOC(CSc2nnc(C)n2CCN)C1. The molecule has 1 aromatic rings. The Morgan fingerprint density at radius 2 is 2.32 bits per heavy atom. The van der Waals surface area contributed by atoms with Gasteiger partial charge in [0.25, 0.3) is 0 Å². The lowest BCUT2D eigenvalue weighted by Gasteiger charge is -2.31. The fraction of sp³-hybridized carbons (Fsp3) is 0.833. The summed E-state index contributed by atoms with van der Waals surface area (Å²) >= 11 is 1.71. The molecule has 2 N–H and O–H groups in total. The van der Waals surface area contributed by atoms with Crippen LogP contribution in [0.1, 0.15) is 12.7 Å². The molecule has 108 valence electrons. The van der Waals surface area contributed by atoms with Crippen LogP contribution < -0.4 is 5.73 Å². The van der Waals surface area contributed by atoms with Crippen LogP contribution >= 0.6 is 11.8 Å². The largest absolute Gasteiger partial charge is 0.375 e. The van der Waals surface area contributed by atoms with E-state index in [0.717, 1.165) is 49.5 Å². The van der Waals surface area contributed by atoms with E-state index in [1.54, 1.807) is 11.8 Å². The number of hydrogen-bond acceptors (Lipinski definition) is 6. The topological polar surface area (TPSA) is 69.2 Å². The van der Waals surface area contributed by atoms with Crippen LogP contribution in [-0.4, -0.2) is 64.3 Å². The number of rotatable bonds is 6. The van der Waals surface area contributed by atoms with Crippen LogP contribution in [0.3, 0.4) is 0 Å². The molecule has 1 unspecified atom stereocenters. The molecule has 1 saturated heterocycles. The van der Waals surface area contributed by atoms with Crippen LogP contribution in [0.4, 0.5) is 0 Å². The highest BCUT2D eigenvalue weighted by Crippen LogP contribution is 2.20. The van der Waals surface area contributed by atoms with Gasteiger partial charge in [-0.15, -0.1) is 10.2 Å². The number of likely N-dealkylation sites (N-methyl/N-ethyl adjacent to an activating group) is 1. The monoisotopic (exact) mass is 285 g/mol. The number of aromatic nitrogens is 3. The maximum atomic E-state index is 5.79. The van der Waals surface area contributed by atoms with Crippen molar-refractivity contribution in [2.75, 3.05) is 38.5 Å². The van der Waals surface area contributed by atoms with E-state index in [-0.39, 0.29) is 6.10 Å². The molecule has 2 rings (SSSR count). The van der Waals surface area contributed by atoms with E-state index in [4.69, 9.17) is 10.5 Å². The first kappa shape index (κ1) is 14.8. The van der Waals surface area contributed by atoms with Gasteiger partial charge in [-0.1, -0.05) is 18.7 Å². The van der Waals surface area contributed by atoms with Gasteiger partial charge >= 0.3 is 0 Å². The second-order valence-electron chi connectivity index (χ2n) is 4.67. The van der Waals surface area contributed by atoms with Gasteiger partial charge < -0.3 is 15.0 Å². The van der Waals surface area contributed by atoms with Gasteiger partial charge in [0.1, 0.15) is 5.82 Å². The average Bonchev–Trinajstić information content (AvgIpc) is 2.78. The minimum Gasteiger partial charge on any atom is -0.375 e. The fourth-order valence-electron chi connectivity index (χ4n) is 2.19. The third-order valence-electron chi connectivity index (χ3n) is 3.32. The molecular weight excluding hydrogens is 262 g/mol. The molecule has 0 bridgehead atoms. The summed E-state index contributed by atoms with van der Waals surface area (Å²) in [6.45, 7) is 9.50. The average molecular weight is 285 g/mol. The molecule has 0 spiro atoms. The quantitative estimate of drug-likeness (QED) is 0.761. The number of thioether (sulfide) groups is 1. The summed E-state index contributed by atoms with van der Waals surface area (Å²) in [7, 11) is 0. The van der Waals surface area contributed by atoms with Crippen LogP contribution in [0.15, 0.2) is 5.16 Å². The van der Waals surface area contributed by atoms with Gasteiger partial charge in [-0.25, -0.2) is 0 Å². The summed E-state index contributed by atoms with van der Waals surface area (Å²) in [4.78, 5) is 2.42. The summed E-state index contributed by atoms with van der Waals surface area (Å²) in [6.07, 6.45) is 0.280. The van der Waals surface area contributed by atoms with Gasteiger partial charge in [0.2, 0.25) is 0 Å². The van der Waals surface area contributed by atoms with Crippen LogP contribution in [0, 0.1) is 6.92 Å². The highest BCUT2D eigenvalue weighted by atomic mass is 32.2. The number of ether oxygens (including phenoxy) is 1. The number of hydrogen-bond donors (Lipinski definition) is 1. The molecule has 7 heteroatoms. The Hall–Kier alpha value is -0.630. The maximum Gasteiger partial charge on any atom is 0.191 e. The lowest BCUT2D eigenvalue weighted by Crippen LogP contribution is -2.43. The summed E-state index contributed by atoms with van der Waals surface area (Å²) in [6, 6.07) is 0. The van der Waals surface area contributed by atoms with Gasteiger partial charge in [0.05, 0.1) is 12.7 Å². The van der Waals surface area contributed by atoms with E-state index in [2.05, 4.69) is 26.6 Å². The number of aryl methyl sites for hydroxylation is 1. The predicted molar refractivity (Wildman–Crippen MR) is 76.4 cm³/mol. The van der Waals surface area contributed by atoms with Crippen molar-refractivity contribution in [3.63, 3.8) is 0 Å². The molecule has 1 aliphatic rings. The van der Waals surface area contributed by atoms with E-state index in [0.29, 0.717) is 6.54 Å². The lowest BCUT2D eigenvalue weighted by atomic mass is 10.3. The Bertz CT molecular complexity index is 397. The molecular formula is C12H23N5OS. The third kappa shape index (κ3) is 3.92. The molecule has 0 amide bonds. The van der Waals surface area contributed by atoms with Crippen LogP contribution in [-0.2, 0) is 11.3 Å². The van der Waals surface area contributed by atoms with Gasteiger partial charge in [-0.2, -0.15) is 0 Å². The van der Waals surface area contributed by atoms with Crippen LogP contribution in [0.25, 0.3) is 0 Å². The van der Waals surface area contributed by atoms with Gasteiger partial charge in [0.15, 0.2) is 5.16 Å². The molecule has 1 fully saturated rings. The Labute approximate surface area is 118 Å². The zero-order valence-electron chi connectivity index (χ0n) is 11.7. The second kappa shape index (κ2) is 7.23.